The molecule has 0 aromatic carbocycles. The Morgan fingerprint density at radius 3 is 2.47 bits per heavy atom. The molecule has 1 heterocycles. The van der Waals surface area contributed by atoms with Crippen molar-refractivity contribution in [2.75, 3.05) is 46.2 Å². The van der Waals surface area contributed by atoms with Gasteiger partial charge in [0.1, 0.15) is 5.82 Å². The molecule has 0 saturated heterocycles. The molecule has 4 heteroatoms. The normalized spacial score (nSPS) is 10.9. The zero-order chi connectivity index (χ0) is 12.8. The Morgan fingerprint density at radius 1 is 1.24 bits per heavy atom. The second kappa shape index (κ2) is 6.57. The molecule has 0 saturated carbocycles. The summed E-state index contributed by atoms with van der Waals surface area (Å²) in [6, 6.07) is 2.20. The zero-order valence-electron chi connectivity index (χ0n) is 11.6. The van der Waals surface area contributed by atoms with Crippen LogP contribution in [-0.4, -0.2) is 51.2 Å². The van der Waals surface area contributed by atoms with Crippen LogP contribution in [0, 0.1) is 6.92 Å². The summed E-state index contributed by atoms with van der Waals surface area (Å²) in [5, 5.41) is 3.14. The molecule has 1 N–H and O–H groups in total. The number of nitrogens with one attached hydrogen (secondary N) is 1. The molecule has 0 bridgehead atoms. The first kappa shape index (κ1) is 13.9. The molecule has 0 atom stereocenters. The Morgan fingerprint density at radius 2 is 1.94 bits per heavy atom. The molecule has 0 spiro atoms. The van der Waals surface area contributed by atoms with Crippen LogP contribution in [0.2, 0.25) is 0 Å². The first-order valence-corrected chi connectivity index (χ1v) is 6.00. The molecule has 0 aliphatic rings. The van der Waals surface area contributed by atoms with Crippen LogP contribution in [0.15, 0.2) is 12.3 Å². The highest BCUT2D eigenvalue weighted by Gasteiger charge is 2.07. The summed E-state index contributed by atoms with van der Waals surface area (Å²) in [4.78, 5) is 8.93. The summed E-state index contributed by atoms with van der Waals surface area (Å²) in [7, 11) is 8.22. The fraction of sp³-hybridized carbons (Fsp3) is 0.615. The van der Waals surface area contributed by atoms with E-state index in [1.54, 1.807) is 0 Å². The SMILES string of the molecule is CNCc1cnc(N(C)CCN(C)C)c(C)c1. The van der Waals surface area contributed by atoms with Crippen molar-refractivity contribution in [3.05, 3.63) is 23.4 Å². The van der Waals surface area contributed by atoms with Crippen LogP contribution in [0.4, 0.5) is 5.82 Å². The molecule has 1 rings (SSSR count). The maximum absolute atomic E-state index is 4.54. The number of anilines is 1. The van der Waals surface area contributed by atoms with Gasteiger partial charge in [-0.05, 0) is 45.3 Å². The van der Waals surface area contributed by atoms with Gasteiger partial charge in [0.15, 0.2) is 0 Å². The maximum Gasteiger partial charge on any atom is 0.131 e. The summed E-state index contributed by atoms with van der Waals surface area (Å²) in [5.74, 6) is 1.08. The van der Waals surface area contributed by atoms with Crippen LogP contribution in [0.25, 0.3) is 0 Å². The second-order valence-electron chi connectivity index (χ2n) is 4.74. The molecule has 1 aromatic rings. The van der Waals surface area contributed by atoms with Gasteiger partial charge in [0.05, 0.1) is 0 Å². The Labute approximate surface area is 105 Å². The first-order chi connectivity index (χ1) is 8.04. The summed E-state index contributed by atoms with van der Waals surface area (Å²) in [5.41, 5.74) is 2.47. The van der Waals surface area contributed by atoms with E-state index >= 15 is 0 Å². The minimum Gasteiger partial charge on any atom is -0.358 e. The molecule has 0 aliphatic heterocycles. The Kier molecular flexibility index (Phi) is 5.38. The minimum atomic E-state index is 0.871. The lowest BCUT2D eigenvalue weighted by atomic mass is 10.2. The molecule has 0 radical (unpaired) electrons. The van der Waals surface area contributed by atoms with Gasteiger partial charge in [-0.3, -0.25) is 0 Å². The van der Waals surface area contributed by atoms with Gasteiger partial charge < -0.3 is 15.1 Å². The predicted molar refractivity (Wildman–Crippen MR) is 73.6 cm³/mol. The number of hydrogen-bond donors (Lipinski definition) is 1. The van der Waals surface area contributed by atoms with Crippen molar-refractivity contribution in [1.82, 2.24) is 15.2 Å². The molecule has 0 unspecified atom stereocenters. The minimum absolute atomic E-state index is 0.871. The van der Waals surface area contributed by atoms with E-state index in [4.69, 9.17) is 0 Å². The van der Waals surface area contributed by atoms with E-state index < -0.39 is 0 Å². The summed E-state index contributed by atoms with van der Waals surface area (Å²) in [6.45, 7) is 5.02. The van der Waals surface area contributed by atoms with E-state index in [0.717, 1.165) is 25.5 Å². The lowest BCUT2D eigenvalue weighted by Gasteiger charge is -2.22. The van der Waals surface area contributed by atoms with Crippen LogP contribution in [-0.2, 0) is 6.54 Å². The molecular formula is C13H24N4. The van der Waals surface area contributed by atoms with Crippen molar-refractivity contribution in [2.24, 2.45) is 0 Å². The van der Waals surface area contributed by atoms with Crippen molar-refractivity contribution < 1.29 is 0 Å². The lowest BCUT2D eigenvalue weighted by Crippen LogP contribution is -2.29. The monoisotopic (exact) mass is 236 g/mol. The quantitative estimate of drug-likeness (QED) is 0.801. The first-order valence-electron chi connectivity index (χ1n) is 6.00. The van der Waals surface area contributed by atoms with E-state index in [0.29, 0.717) is 0 Å². The van der Waals surface area contributed by atoms with Crippen LogP contribution >= 0.6 is 0 Å². The van der Waals surface area contributed by atoms with E-state index in [1.807, 2.05) is 13.2 Å². The molecule has 96 valence electrons. The molecule has 17 heavy (non-hydrogen) atoms. The van der Waals surface area contributed by atoms with E-state index in [-0.39, 0.29) is 0 Å². The van der Waals surface area contributed by atoms with Crippen molar-refractivity contribution in [3.63, 3.8) is 0 Å². The molecule has 4 nitrogen and oxygen atoms in total. The molecule has 0 fully saturated rings. The number of aryl methyl sites for hydroxylation is 1. The third kappa shape index (κ3) is 4.32. The second-order valence-corrected chi connectivity index (χ2v) is 4.74. The third-order valence-corrected chi connectivity index (χ3v) is 2.73. The predicted octanol–water partition coefficient (Wildman–Crippen LogP) is 1.11. The highest BCUT2D eigenvalue weighted by Crippen LogP contribution is 2.16. The topological polar surface area (TPSA) is 31.4 Å². The van der Waals surface area contributed by atoms with Crippen molar-refractivity contribution in [1.29, 1.82) is 0 Å². The van der Waals surface area contributed by atoms with Gasteiger partial charge in [-0.25, -0.2) is 4.98 Å². The average molecular weight is 236 g/mol. The van der Waals surface area contributed by atoms with Crippen LogP contribution in [0.5, 0.6) is 0 Å². The number of hydrogen-bond acceptors (Lipinski definition) is 4. The average Bonchev–Trinajstić information content (AvgIpc) is 2.26. The number of pyridine rings is 1. The number of nitrogens with zero attached hydrogens (tertiary/aromatic N) is 3. The van der Waals surface area contributed by atoms with Gasteiger partial charge in [-0.15, -0.1) is 0 Å². The third-order valence-electron chi connectivity index (χ3n) is 2.73. The number of rotatable bonds is 6. The van der Waals surface area contributed by atoms with Crippen molar-refractivity contribution >= 4 is 5.82 Å². The number of aromatic nitrogens is 1. The summed E-state index contributed by atoms with van der Waals surface area (Å²) in [6.07, 6.45) is 1.95. The highest BCUT2D eigenvalue weighted by molar-refractivity contribution is 5.46. The summed E-state index contributed by atoms with van der Waals surface area (Å²) < 4.78 is 0. The van der Waals surface area contributed by atoms with Gasteiger partial charge in [0.2, 0.25) is 0 Å². The molecule has 1 aromatic heterocycles. The van der Waals surface area contributed by atoms with E-state index in [9.17, 15) is 0 Å². The van der Waals surface area contributed by atoms with Gasteiger partial charge in [0, 0.05) is 32.9 Å². The largest absolute Gasteiger partial charge is 0.358 e. The smallest absolute Gasteiger partial charge is 0.131 e. The van der Waals surface area contributed by atoms with Gasteiger partial charge in [-0.1, -0.05) is 0 Å². The fourth-order valence-corrected chi connectivity index (χ4v) is 1.78. The summed E-state index contributed by atoms with van der Waals surface area (Å²) >= 11 is 0. The van der Waals surface area contributed by atoms with Crippen molar-refractivity contribution in [3.8, 4) is 0 Å². The zero-order valence-corrected chi connectivity index (χ0v) is 11.6. The lowest BCUT2D eigenvalue weighted by molar-refractivity contribution is 0.416. The molecule has 0 amide bonds. The van der Waals surface area contributed by atoms with Gasteiger partial charge in [-0.2, -0.15) is 0 Å². The Balaban J connectivity index is 2.70. The van der Waals surface area contributed by atoms with Crippen LogP contribution < -0.4 is 10.2 Å². The van der Waals surface area contributed by atoms with Crippen LogP contribution in [0.1, 0.15) is 11.1 Å². The molecular weight excluding hydrogens is 212 g/mol. The standard InChI is InChI=1S/C13H24N4/c1-11-8-12(9-14-2)10-15-13(11)17(5)7-6-16(3)4/h8,10,14H,6-7,9H2,1-5H3. The fourth-order valence-electron chi connectivity index (χ4n) is 1.78. The van der Waals surface area contributed by atoms with Gasteiger partial charge >= 0.3 is 0 Å². The highest BCUT2D eigenvalue weighted by atomic mass is 15.2. The van der Waals surface area contributed by atoms with Crippen LogP contribution in [0.3, 0.4) is 0 Å². The van der Waals surface area contributed by atoms with Gasteiger partial charge in [0.25, 0.3) is 0 Å². The molecule has 0 aliphatic carbocycles. The van der Waals surface area contributed by atoms with Crippen molar-refractivity contribution in [2.45, 2.75) is 13.5 Å². The maximum atomic E-state index is 4.54. The number of likely N-dealkylation sites (N-methyl/N-ethyl adjacent to an activating group) is 2. The van der Waals surface area contributed by atoms with E-state index in [2.05, 4.69) is 54.2 Å². The Hall–Kier alpha value is -1.13. The van der Waals surface area contributed by atoms with E-state index in [1.165, 1.54) is 11.1 Å². The Bertz CT molecular complexity index is 349.